The number of hydrogen-bond acceptors (Lipinski definition) is 2. The number of rotatable bonds is 4. The average molecular weight is 858 g/mol. The summed E-state index contributed by atoms with van der Waals surface area (Å²) in [5.74, 6) is 0. The van der Waals surface area contributed by atoms with Gasteiger partial charge in [0.1, 0.15) is 0 Å². The molecular weight excluding hydrogens is 815 g/mol. The van der Waals surface area contributed by atoms with Crippen molar-refractivity contribution in [3.05, 3.63) is 258 Å². The molecule has 310 valence electrons. The second-order valence-corrected chi connectivity index (χ2v) is 19.8. The minimum atomic E-state index is -0.623. The molecule has 0 saturated heterocycles. The molecule has 1 spiro atoms. The first-order valence-electron chi connectivity index (χ1n) is 23.1. The Kier molecular flexibility index (Phi) is 7.89. The van der Waals surface area contributed by atoms with Gasteiger partial charge in [0.05, 0.1) is 5.41 Å². The van der Waals surface area contributed by atoms with Crippen molar-refractivity contribution < 1.29 is 0 Å². The van der Waals surface area contributed by atoms with Gasteiger partial charge in [0.15, 0.2) is 0 Å². The summed E-state index contributed by atoms with van der Waals surface area (Å²) in [6, 6.07) is 84.7. The summed E-state index contributed by atoms with van der Waals surface area (Å²) in [5, 5.41) is 2.65. The Balaban J connectivity index is 1.08. The fourth-order valence-electron chi connectivity index (χ4n) is 12.2. The molecule has 3 aliphatic rings. The highest BCUT2D eigenvalue weighted by molar-refractivity contribution is 7.26. The monoisotopic (exact) mass is 857 g/mol. The quantitative estimate of drug-likeness (QED) is 0.170. The summed E-state index contributed by atoms with van der Waals surface area (Å²) in [5.41, 5.74) is 23.4. The summed E-state index contributed by atoms with van der Waals surface area (Å²) in [6.45, 7) is 4.76. The SMILES string of the molecule is CC1(C)c2ccccc2-c2ccc(N(c3ccc(-c4ccccc4)cc3)c3ccc4c(c3)C3(c5ccccc5-c5ccccc5-4)c4ccccc4-c4c3ccc3c4sc4ccccc43)cc21. The molecule has 0 saturated carbocycles. The van der Waals surface area contributed by atoms with Crippen molar-refractivity contribution in [2.75, 3.05) is 4.90 Å². The van der Waals surface area contributed by atoms with Crippen LogP contribution in [0.15, 0.2) is 224 Å². The molecule has 1 nitrogen and oxygen atoms in total. The molecule has 1 atom stereocenters. The van der Waals surface area contributed by atoms with Gasteiger partial charge in [-0.3, -0.25) is 0 Å². The van der Waals surface area contributed by atoms with Crippen LogP contribution in [0.4, 0.5) is 17.1 Å². The molecule has 1 heterocycles. The number of nitrogens with zero attached hydrogens (tertiary/aromatic N) is 1. The van der Waals surface area contributed by atoms with Crippen molar-refractivity contribution >= 4 is 48.6 Å². The Labute approximate surface area is 389 Å². The van der Waals surface area contributed by atoms with Crippen LogP contribution in [0.2, 0.25) is 0 Å². The molecule has 1 aromatic heterocycles. The molecule has 14 rings (SSSR count). The van der Waals surface area contributed by atoms with Gasteiger partial charge >= 0.3 is 0 Å². The van der Waals surface area contributed by atoms with Crippen LogP contribution < -0.4 is 4.90 Å². The summed E-state index contributed by atoms with van der Waals surface area (Å²) < 4.78 is 2.68. The number of hydrogen-bond donors (Lipinski definition) is 0. The van der Waals surface area contributed by atoms with Gasteiger partial charge in [-0.05, 0) is 126 Å². The first-order chi connectivity index (χ1) is 32.5. The van der Waals surface area contributed by atoms with Gasteiger partial charge in [0, 0.05) is 48.2 Å². The number of anilines is 3. The van der Waals surface area contributed by atoms with E-state index in [1.807, 2.05) is 11.3 Å². The number of thiophene rings is 1. The molecule has 0 radical (unpaired) electrons. The Hall–Kier alpha value is -7.78. The summed E-state index contributed by atoms with van der Waals surface area (Å²) >= 11 is 1.93. The summed E-state index contributed by atoms with van der Waals surface area (Å²) in [6.07, 6.45) is 0. The van der Waals surface area contributed by atoms with Crippen molar-refractivity contribution in [2.45, 2.75) is 24.7 Å². The Morgan fingerprint density at radius 2 is 0.833 bits per heavy atom. The van der Waals surface area contributed by atoms with E-state index >= 15 is 0 Å². The van der Waals surface area contributed by atoms with Crippen molar-refractivity contribution in [1.82, 2.24) is 0 Å². The van der Waals surface area contributed by atoms with Gasteiger partial charge in [-0.2, -0.15) is 0 Å². The van der Waals surface area contributed by atoms with Gasteiger partial charge in [-0.25, -0.2) is 0 Å². The molecule has 3 aliphatic carbocycles. The molecule has 0 bridgehead atoms. The van der Waals surface area contributed by atoms with Gasteiger partial charge in [-0.15, -0.1) is 11.3 Å². The minimum absolute atomic E-state index is 0.148. The highest BCUT2D eigenvalue weighted by Gasteiger charge is 2.50. The molecule has 0 fully saturated rings. The molecule has 0 N–H and O–H groups in total. The van der Waals surface area contributed by atoms with Crippen LogP contribution in [-0.4, -0.2) is 0 Å². The van der Waals surface area contributed by atoms with Crippen molar-refractivity contribution in [3.63, 3.8) is 0 Å². The lowest BCUT2D eigenvalue weighted by molar-refractivity contribution is 0.660. The van der Waals surface area contributed by atoms with Gasteiger partial charge < -0.3 is 4.90 Å². The molecule has 2 heteroatoms. The van der Waals surface area contributed by atoms with Crippen LogP contribution >= 0.6 is 11.3 Å². The largest absolute Gasteiger partial charge is 0.310 e. The van der Waals surface area contributed by atoms with E-state index in [0.717, 1.165) is 17.1 Å². The third-order valence-electron chi connectivity index (χ3n) is 15.1. The molecule has 11 aromatic rings. The number of benzene rings is 10. The molecule has 0 aliphatic heterocycles. The minimum Gasteiger partial charge on any atom is -0.310 e. The van der Waals surface area contributed by atoms with Gasteiger partial charge in [-0.1, -0.05) is 196 Å². The fraction of sp³-hybridized carbons (Fsp3) is 0.0625. The topological polar surface area (TPSA) is 3.24 Å². The average Bonchev–Trinajstić information content (AvgIpc) is 3.95. The van der Waals surface area contributed by atoms with Crippen LogP contribution in [0.5, 0.6) is 0 Å². The van der Waals surface area contributed by atoms with Crippen LogP contribution in [0.25, 0.3) is 75.8 Å². The Morgan fingerprint density at radius 3 is 1.55 bits per heavy atom. The van der Waals surface area contributed by atoms with E-state index in [2.05, 4.69) is 243 Å². The zero-order chi connectivity index (χ0) is 43.7. The van der Waals surface area contributed by atoms with E-state index in [1.165, 1.54) is 109 Å². The second-order valence-electron chi connectivity index (χ2n) is 18.7. The second kappa shape index (κ2) is 13.9. The van der Waals surface area contributed by atoms with Crippen LogP contribution in [0.3, 0.4) is 0 Å². The molecule has 66 heavy (non-hydrogen) atoms. The van der Waals surface area contributed by atoms with E-state index in [4.69, 9.17) is 0 Å². The normalized spacial score (nSPS) is 15.6. The van der Waals surface area contributed by atoms with Crippen LogP contribution in [-0.2, 0) is 10.8 Å². The lowest BCUT2D eigenvalue weighted by Gasteiger charge is -2.36. The predicted octanol–water partition coefficient (Wildman–Crippen LogP) is 17.5. The number of fused-ring (bicyclic) bond motifs is 19. The van der Waals surface area contributed by atoms with E-state index in [9.17, 15) is 0 Å². The first kappa shape index (κ1) is 37.6. The standard InChI is InChI=1S/C64H43NS/c1-63(2)54-24-12-8-21-48(54)50-35-33-43(38-58(50)63)65(42-30-28-41(29-31-42)40-16-4-3-5-17-40)44-32-34-49-46-19-7-6-18-45(46)47-20-9-13-25-55(47)64(59(49)39-44)56-26-14-10-23-53(56)61-57(64)37-36-52-51-22-11-15-27-60(51)66-62(52)61/h3-39H,1-2H3. The lowest BCUT2D eigenvalue weighted by atomic mass is 9.65. The van der Waals surface area contributed by atoms with Crippen molar-refractivity contribution in [1.29, 1.82) is 0 Å². The zero-order valence-electron chi connectivity index (χ0n) is 36.7. The van der Waals surface area contributed by atoms with Crippen molar-refractivity contribution in [3.8, 4) is 55.6 Å². The van der Waals surface area contributed by atoms with E-state index in [-0.39, 0.29) is 5.41 Å². The van der Waals surface area contributed by atoms with E-state index in [0.29, 0.717) is 0 Å². The molecule has 10 aromatic carbocycles. The molecule has 1 unspecified atom stereocenters. The maximum atomic E-state index is 2.55. The van der Waals surface area contributed by atoms with Crippen molar-refractivity contribution in [2.24, 2.45) is 0 Å². The molecular formula is C64H43NS. The Morgan fingerprint density at radius 1 is 0.333 bits per heavy atom. The van der Waals surface area contributed by atoms with Crippen LogP contribution in [0, 0.1) is 0 Å². The zero-order valence-corrected chi connectivity index (χ0v) is 37.5. The lowest BCUT2D eigenvalue weighted by Crippen LogP contribution is -2.29. The van der Waals surface area contributed by atoms with Gasteiger partial charge in [0.2, 0.25) is 0 Å². The van der Waals surface area contributed by atoms with Gasteiger partial charge in [0.25, 0.3) is 0 Å². The highest BCUT2D eigenvalue weighted by atomic mass is 32.1. The molecule has 0 amide bonds. The Bertz CT molecular complexity index is 3800. The van der Waals surface area contributed by atoms with Crippen LogP contribution in [0.1, 0.15) is 47.2 Å². The fourth-order valence-corrected chi connectivity index (χ4v) is 13.5. The summed E-state index contributed by atoms with van der Waals surface area (Å²) in [4.78, 5) is 2.50. The first-order valence-corrected chi connectivity index (χ1v) is 23.9. The third-order valence-corrected chi connectivity index (χ3v) is 16.3. The predicted molar refractivity (Wildman–Crippen MR) is 279 cm³/mol. The maximum absolute atomic E-state index is 2.55. The van der Waals surface area contributed by atoms with E-state index in [1.54, 1.807) is 0 Å². The van der Waals surface area contributed by atoms with E-state index < -0.39 is 5.41 Å². The smallest absolute Gasteiger partial charge is 0.0726 e. The highest BCUT2D eigenvalue weighted by Crippen LogP contribution is 2.64. The summed E-state index contributed by atoms with van der Waals surface area (Å²) in [7, 11) is 0. The third kappa shape index (κ3) is 5.05. The maximum Gasteiger partial charge on any atom is 0.0726 e.